The fourth-order valence-electron chi connectivity index (χ4n) is 1.91. The Morgan fingerprint density at radius 3 is 2.67 bits per heavy atom. The minimum absolute atomic E-state index is 0.246. The number of nitrogens with two attached hydrogens (primary N) is 1. The molecule has 0 heterocycles. The summed E-state index contributed by atoms with van der Waals surface area (Å²) in [5, 5.41) is 3.33. The van der Waals surface area contributed by atoms with E-state index in [1.165, 1.54) is 12.1 Å². The van der Waals surface area contributed by atoms with Gasteiger partial charge in [0.05, 0.1) is 0 Å². The monoisotopic (exact) mass is 288 g/mol. The van der Waals surface area contributed by atoms with E-state index in [0.717, 1.165) is 23.4 Å². The highest BCUT2D eigenvalue weighted by molar-refractivity contribution is 5.29. The van der Waals surface area contributed by atoms with Crippen LogP contribution in [-0.4, -0.2) is 12.6 Å². The second-order valence-electron chi connectivity index (χ2n) is 5.08. The quantitative estimate of drug-likeness (QED) is 0.823. The molecule has 0 saturated heterocycles. The summed E-state index contributed by atoms with van der Waals surface area (Å²) in [7, 11) is 0. The zero-order valence-electron chi connectivity index (χ0n) is 12.2. The number of benzene rings is 2. The first-order valence-corrected chi connectivity index (χ1v) is 7.07. The highest BCUT2D eigenvalue weighted by Crippen LogP contribution is 2.15. The van der Waals surface area contributed by atoms with Gasteiger partial charge >= 0.3 is 0 Å². The number of halogens is 1. The fraction of sp³-hybridized carbons (Fsp3) is 0.294. The minimum atomic E-state index is -0.246. The Morgan fingerprint density at radius 2 is 1.90 bits per heavy atom. The van der Waals surface area contributed by atoms with E-state index in [1.54, 1.807) is 6.07 Å². The maximum atomic E-state index is 13.1. The van der Waals surface area contributed by atoms with Gasteiger partial charge in [-0.15, -0.1) is 0 Å². The van der Waals surface area contributed by atoms with Crippen LogP contribution in [0.2, 0.25) is 0 Å². The minimum Gasteiger partial charge on any atom is -0.489 e. The molecular formula is C17H21FN2O. The van der Waals surface area contributed by atoms with E-state index in [-0.39, 0.29) is 11.9 Å². The van der Waals surface area contributed by atoms with Crippen molar-refractivity contribution >= 4 is 0 Å². The third kappa shape index (κ3) is 5.17. The van der Waals surface area contributed by atoms with Crippen molar-refractivity contribution < 1.29 is 9.13 Å². The number of hydrogen-bond acceptors (Lipinski definition) is 3. The second-order valence-corrected chi connectivity index (χ2v) is 5.08. The van der Waals surface area contributed by atoms with Gasteiger partial charge in [0.2, 0.25) is 0 Å². The lowest BCUT2D eigenvalue weighted by Crippen LogP contribution is -2.32. The van der Waals surface area contributed by atoms with Crippen molar-refractivity contribution in [2.24, 2.45) is 5.73 Å². The van der Waals surface area contributed by atoms with Crippen LogP contribution >= 0.6 is 0 Å². The normalized spacial score (nSPS) is 12.1. The first-order chi connectivity index (χ1) is 10.2. The van der Waals surface area contributed by atoms with Crippen LogP contribution in [0.5, 0.6) is 5.75 Å². The first-order valence-electron chi connectivity index (χ1n) is 7.07. The Balaban J connectivity index is 1.91. The van der Waals surface area contributed by atoms with Crippen molar-refractivity contribution in [3.8, 4) is 5.75 Å². The Labute approximate surface area is 124 Å². The van der Waals surface area contributed by atoms with E-state index in [0.29, 0.717) is 13.2 Å². The zero-order valence-corrected chi connectivity index (χ0v) is 12.2. The number of hydrogen-bond donors (Lipinski definition) is 2. The predicted molar refractivity (Wildman–Crippen MR) is 82.5 cm³/mol. The molecule has 0 bridgehead atoms. The molecule has 3 N–H and O–H groups in total. The molecule has 0 saturated carbocycles. The fourth-order valence-corrected chi connectivity index (χ4v) is 1.91. The van der Waals surface area contributed by atoms with E-state index in [2.05, 4.69) is 5.32 Å². The van der Waals surface area contributed by atoms with E-state index in [9.17, 15) is 4.39 Å². The Hall–Kier alpha value is -1.91. The Kier molecular flexibility index (Phi) is 5.72. The molecule has 0 radical (unpaired) electrons. The molecule has 1 atom stereocenters. The molecule has 2 aromatic carbocycles. The molecule has 1 unspecified atom stereocenters. The summed E-state index contributed by atoms with van der Waals surface area (Å²) in [6.07, 6.45) is 0. The van der Waals surface area contributed by atoms with E-state index in [1.807, 2.05) is 37.3 Å². The maximum absolute atomic E-state index is 13.1. The molecular weight excluding hydrogens is 267 g/mol. The average Bonchev–Trinajstić information content (AvgIpc) is 2.51. The van der Waals surface area contributed by atoms with Crippen LogP contribution in [0.4, 0.5) is 4.39 Å². The van der Waals surface area contributed by atoms with Crippen LogP contribution in [0.3, 0.4) is 0 Å². The number of rotatable bonds is 7. The summed E-state index contributed by atoms with van der Waals surface area (Å²) >= 11 is 0. The van der Waals surface area contributed by atoms with Gasteiger partial charge in [-0.05, 0) is 42.3 Å². The molecule has 4 heteroatoms. The first kappa shape index (κ1) is 15.5. The van der Waals surface area contributed by atoms with Crippen molar-refractivity contribution in [3.05, 3.63) is 65.5 Å². The van der Waals surface area contributed by atoms with Gasteiger partial charge in [0.1, 0.15) is 18.2 Å². The summed E-state index contributed by atoms with van der Waals surface area (Å²) in [5.41, 5.74) is 7.52. The Bertz CT molecular complexity index is 574. The third-order valence-corrected chi connectivity index (χ3v) is 3.20. The molecule has 3 nitrogen and oxygen atoms in total. The highest BCUT2D eigenvalue weighted by atomic mass is 19.1. The second kappa shape index (κ2) is 7.76. The summed E-state index contributed by atoms with van der Waals surface area (Å²) in [4.78, 5) is 0. The number of nitrogens with one attached hydrogen (secondary N) is 1. The summed E-state index contributed by atoms with van der Waals surface area (Å²) < 4.78 is 18.8. The molecule has 21 heavy (non-hydrogen) atoms. The average molecular weight is 288 g/mol. The lowest BCUT2D eigenvalue weighted by Gasteiger charge is -2.12. The van der Waals surface area contributed by atoms with Gasteiger partial charge in [0, 0.05) is 19.1 Å². The van der Waals surface area contributed by atoms with Crippen molar-refractivity contribution in [1.29, 1.82) is 0 Å². The molecule has 112 valence electrons. The third-order valence-electron chi connectivity index (χ3n) is 3.20. The molecule has 0 fully saturated rings. The van der Waals surface area contributed by atoms with Gasteiger partial charge in [-0.2, -0.15) is 0 Å². The zero-order chi connectivity index (χ0) is 15.1. The lowest BCUT2D eigenvalue weighted by atomic mass is 10.2. The van der Waals surface area contributed by atoms with Gasteiger partial charge in [-0.1, -0.05) is 24.3 Å². The molecule has 0 amide bonds. The van der Waals surface area contributed by atoms with Crippen LogP contribution < -0.4 is 15.8 Å². The molecule has 0 spiro atoms. The molecule has 0 aliphatic heterocycles. The molecule has 2 rings (SSSR count). The summed E-state index contributed by atoms with van der Waals surface area (Å²) in [5.74, 6) is 0.531. The Morgan fingerprint density at radius 1 is 1.14 bits per heavy atom. The summed E-state index contributed by atoms with van der Waals surface area (Å²) in [6.45, 7) is 3.75. The van der Waals surface area contributed by atoms with Crippen molar-refractivity contribution in [3.63, 3.8) is 0 Å². The van der Waals surface area contributed by atoms with Crippen LogP contribution in [0.25, 0.3) is 0 Å². The van der Waals surface area contributed by atoms with Crippen LogP contribution in [-0.2, 0) is 13.2 Å². The predicted octanol–water partition coefficient (Wildman–Crippen LogP) is 2.84. The van der Waals surface area contributed by atoms with Crippen LogP contribution in [0.15, 0.2) is 48.5 Å². The lowest BCUT2D eigenvalue weighted by molar-refractivity contribution is 0.305. The van der Waals surface area contributed by atoms with Crippen molar-refractivity contribution in [2.75, 3.05) is 6.54 Å². The topological polar surface area (TPSA) is 47.3 Å². The maximum Gasteiger partial charge on any atom is 0.123 e. The van der Waals surface area contributed by atoms with Gasteiger partial charge in [-0.25, -0.2) is 4.39 Å². The van der Waals surface area contributed by atoms with E-state index in [4.69, 9.17) is 10.5 Å². The van der Waals surface area contributed by atoms with Crippen LogP contribution in [0.1, 0.15) is 18.1 Å². The van der Waals surface area contributed by atoms with E-state index >= 15 is 0 Å². The largest absolute Gasteiger partial charge is 0.489 e. The number of ether oxygens (including phenoxy) is 1. The van der Waals surface area contributed by atoms with Gasteiger partial charge in [-0.3, -0.25) is 0 Å². The molecule has 0 aliphatic rings. The van der Waals surface area contributed by atoms with Crippen molar-refractivity contribution in [2.45, 2.75) is 26.1 Å². The van der Waals surface area contributed by atoms with Crippen LogP contribution in [0, 0.1) is 5.82 Å². The standard InChI is InChI=1S/C17H21FN2O/c1-13(10-19)20-11-14-4-3-7-17(9-14)21-12-15-5-2-6-16(18)8-15/h2-9,13,20H,10-12,19H2,1H3. The SMILES string of the molecule is CC(CN)NCc1cccc(OCc2cccc(F)c2)c1. The smallest absolute Gasteiger partial charge is 0.123 e. The summed E-state index contributed by atoms with van der Waals surface area (Å²) in [6, 6.07) is 14.6. The van der Waals surface area contributed by atoms with E-state index < -0.39 is 0 Å². The van der Waals surface area contributed by atoms with Gasteiger partial charge < -0.3 is 15.8 Å². The van der Waals surface area contributed by atoms with Gasteiger partial charge in [0.15, 0.2) is 0 Å². The molecule has 0 aliphatic carbocycles. The van der Waals surface area contributed by atoms with Crippen molar-refractivity contribution in [1.82, 2.24) is 5.32 Å². The molecule has 2 aromatic rings. The molecule has 0 aromatic heterocycles. The highest BCUT2D eigenvalue weighted by Gasteiger charge is 2.01. The van der Waals surface area contributed by atoms with Gasteiger partial charge in [0.25, 0.3) is 0 Å².